The van der Waals surface area contributed by atoms with E-state index in [1.165, 1.54) is 4.68 Å². The third-order valence-corrected chi connectivity index (χ3v) is 5.96. The van der Waals surface area contributed by atoms with Crippen LogP contribution in [-0.2, 0) is 4.79 Å². The molecule has 4 N–H and O–H groups in total. The highest BCUT2D eigenvalue weighted by molar-refractivity contribution is 6.30. The number of nitrogens with zero attached hydrogens (tertiary/aromatic N) is 3. The van der Waals surface area contributed by atoms with E-state index in [0.29, 0.717) is 23.3 Å². The Kier molecular flexibility index (Phi) is 5.68. The van der Waals surface area contributed by atoms with Crippen LogP contribution >= 0.6 is 11.6 Å². The SMILES string of the molecule is Cc1cc(NC(=O)c2ccc(F)cc2F)n(C2NC(=O)C3CNN(c4ccc(Cl)cc4)C3N2)n1. The quantitative estimate of drug-likeness (QED) is 0.451. The van der Waals surface area contributed by atoms with Gasteiger partial charge in [-0.05, 0) is 43.3 Å². The van der Waals surface area contributed by atoms with E-state index in [1.54, 1.807) is 25.1 Å². The molecule has 1 aromatic heterocycles. The summed E-state index contributed by atoms with van der Waals surface area (Å²) in [6, 6.07) is 11.5. The summed E-state index contributed by atoms with van der Waals surface area (Å²) in [6.07, 6.45) is -1.21. The summed E-state index contributed by atoms with van der Waals surface area (Å²) in [5.41, 5.74) is 4.28. The lowest BCUT2D eigenvalue weighted by Crippen LogP contribution is -2.61. The van der Waals surface area contributed by atoms with Gasteiger partial charge >= 0.3 is 0 Å². The van der Waals surface area contributed by atoms with Crippen molar-refractivity contribution in [1.82, 2.24) is 25.8 Å². The van der Waals surface area contributed by atoms with Crippen molar-refractivity contribution in [2.75, 3.05) is 16.9 Å². The fourth-order valence-electron chi connectivity index (χ4n) is 4.11. The maximum absolute atomic E-state index is 14.1. The molecule has 2 aliphatic heterocycles. The van der Waals surface area contributed by atoms with Crippen LogP contribution in [-0.4, -0.2) is 34.3 Å². The lowest BCUT2D eigenvalue weighted by Gasteiger charge is -2.37. The second-order valence-electron chi connectivity index (χ2n) is 8.03. The molecule has 12 heteroatoms. The monoisotopic (exact) mass is 487 g/mol. The number of hydrazine groups is 1. The van der Waals surface area contributed by atoms with Gasteiger partial charge in [-0.2, -0.15) is 5.10 Å². The molecule has 3 unspecified atom stereocenters. The van der Waals surface area contributed by atoms with Gasteiger partial charge in [0.15, 0.2) is 6.29 Å². The van der Waals surface area contributed by atoms with Gasteiger partial charge in [0.1, 0.15) is 23.6 Å². The van der Waals surface area contributed by atoms with E-state index in [-0.39, 0.29) is 23.2 Å². The van der Waals surface area contributed by atoms with Gasteiger partial charge in [-0.15, -0.1) is 0 Å². The number of halogens is 3. The Hall–Kier alpha value is -3.54. The van der Waals surface area contributed by atoms with Gasteiger partial charge < -0.3 is 10.6 Å². The lowest BCUT2D eigenvalue weighted by molar-refractivity contribution is -0.129. The Bertz CT molecular complexity index is 1270. The zero-order valence-electron chi connectivity index (χ0n) is 17.8. The minimum atomic E-state index is -0.983. The number of hydrogen-bond donors (Lipinski definition) is 4. The number of anilines is 2. The first kappa shape index (κ1) is 22.3. The van der Waals surface area contributed by atoms with Crippen LogP contribution in [0.4, 0.5) is 20.3 Å². The predicted octanol–water partition coefficient (Wildman–Crippen LogP) is 2.52. The summed E-state index contributed by atoms with van der Waals surface area (Å²) >= 11 is 6.00. The van der Waals surface area contributed by atoms with E-state index in [1.807, 2.05) is 17.1 Å². The molecule has 2 fully saturated rings. The molecule has 3 atom stereocenters. The van der Waals surface area contributed by atoms with Crippen molar-refractivity contribution in [1.29, 1.82) is 0 Å². The first-order valence-electron chi connectivity index (χ1n) is 10.5. The van der Waals surface area contributed by atoms with Crippen LogP contribution in [0.25, 0.3) is 0 Å². The van der Waals surface area contributed by atoms with Crippen LogP contribution in [0, 0.1) is 24.5 Å². The van der Waals surface area contributed by atoms with Crippen molar-refractivity contribution in [3.05, 3.63) is 76.4 Å². The molecule has 2 aromatic carbocycles. The molecule has 3 aromatic rings. The van der Waals surface area contributed by atoms with Crippen molar-refractivity contribution >= 4 is 34.9 Å². The van der Waals surface area contributed by atoms with E-state index >= 15 is 0 Å². The summed E-state index contributed by atoms with van der Waals surface area (Å²) in [6.45, 7) is 2.14. The molecule has 0 bridgehead atoms. The van der Waals surface area contributed by atoms with Crippen molar-refractivity contribution < 1.29 is 18.4 Å². The fourth-order valence-corrected chi connectivity index (χ4v) is 4.23. The summed E-state index contributed by atoms with van der Waals surface area (Å²) in [4.78, 5) is 25.5. The molecule has 176 valence electrons. The van der Waals surface area contributed by atoms with Gasteiger partial charge in [-0.1, -0.05) is 11.6 Å². The van der Waals surface area contributed by atoms with E-state index in [9.17, 15) is 18.4 Å². The van der Waals surface area contributed by atoms with E-state index in [4.69, 9.17) is 11.6 Å². The van der Waals surface area contributed by atoms with Crippen LogP contribution in [0.5, 0.6) is 0 Å². The number of hydrogen-bond acceptors (Lipinski definition) is 6. The van der Waals surface area contributed by atoms with Crippen LogP contribution < -0.4 is 26.4 Å². The summed E-state index contributed by atoms with van der Waals surface area (Å²) < 4.78 is 28.7. The van der Waals surface area contributed by atoms with Gasteiger partial charge in [0.2, 0.25) is 5.91 Å². The number of rotatable bonds is 4. The Morgan fingerprint density at radius 1 is 1.18 bits per heavy atom. The molecule has 34 heavy (non-hydrogen) atoms. The molecule has 5 rings (SSSR count). The molecule has 0 saturated carbocycles. The maximum atomic E-state index is 14.1. The summed E-state index contributed by atoms with van der Waals surface area (Å²) in [5, 5.41) is 15.6. The lowest BCUT2D eigenvalue weighted by atomic mass is 10.0. The predicted molar refractivity (Wildman–Crippen MR) is 121 cm³/mol. The topological polar surface area (TPSA) is 103 Å². The Morgan fingerprint density at radius 3 is 2.68 bits per heavy atom. The number of aryl methyl sites for hydroxylation is 1. The summed E-state index contributed by atoms with van der Waals surface area (Å²) in [5.74, 6) is -2.89. The molecule has 0 radical (unpaired) electrons. The zero-order chi connectivity index (χ0) is 24.0. The standard InChI is InChI=1S/C22H20ClF2N7O2/c1-11-8-18(27-20(33)15-7-4-13(24)9-17(15)25)32(30-11)22-28-19-16(21(34)29-22)10-26-31(19)14-5-2-12(23)3-6-14/h2-9,16,19,22,26,28H,10H2,1H3,(H,27,33)(H,29,34). The molecule has 9 nitrogen and oxygen atoms in total. The minimum absolute atomic E-state index is 0.201. The largest absolute Gasteiger partial charge is 0.321 e. The highest BCUT2D eigenvalue weighted by atomic mass is 35.5. The number of carbonyl (C=O) groups is 2. The van der Waals surface area contributed by atoms with Crippen LogP contribution in [0.2, 0.25) is 5.02 Å². The van der Waals surface area contributed by atoms with Crippen molar-refractivity contribution in [3.8, 4) is 0 Å². The fraction of sp³-hybridized carbons (Fsp3) is 0.227. The molecular weight excluding hydrogens is 468 g/mol. The number of nitrogens with one attached hydrogen (secondary N) is 4. The van der Waals surface area contributed by atoms with E-state index in [2.05, 4.69) is 26.5 Å². The smallest absolute Gasteiger partial charge is 0.259 e. The second-order valence-corrected chi connectivity index (χ2v) is 8.47. The number of carbonyl (C=O) groups excluding carboxylic acids is 2. The Morgan fingerprint density at radius 2 is 1.94 bits per heavy atom. The molecule has 0 aliphatic carbocycles. The number of benzene rings is 2. The molecule has 2 saturated heterocycles. The Balaban J connectivity index is 1.40. The molecule has 2 amide bonds. The second kappa shape index (κ2) is 8.67. The van der Waals surface area contributed by atoms with E-state index in [0.717, 1.165) is 17.8 Å². The average Bonchev–Trinajstić information content (AvgIpc) is 3.38. The van der Waals surface area contributed by atoms with Gasteiger partial charge in [-0.25, -0.2) is 18.9 Å². The number of aromatic nitrogens is 2. The maximum Gasteiger partial charge on any atom is 0.259 e. The minimum Gasteiger partial charge on any atom is -0.321 e. The average molecular weight is 488 g/mol. The highest BCUT2D eigenvalue weighted by Gasteiger charge is 2.45. The number of fused-ring (bicyclic) bond motifs is 1. The summed E-state index contributed by atoms with van der Waals surface area (Å²) in [7, 11) is 0. The highest BCUT2D eigenvalue weighted by Crippen LogP contribution is 2.29. The molecule has 3 heterocycles. The third kappa shape index (κ3) is 4.09. The molecule has 0 spiro atoms. The zero-order valence-corrected chi connectivity index (χ0v) is 18.6. The normalized spacial score (nSPS) is 21.8. The van der Waals surface area contributed by atoms with Crippen molar-refractivity contribution in [2.24, 2.45) is 5.92 Å². The molecular formula is C22H20ClF2N7O2. The van der Waals surface area contributed by atoms with E-state index < -0.39 is 30.0 Å². The number of amides is 2. The first-order chi connectivity index (χ1) is 16.3. The van der Waals surface area contributed by atoms with Crippen molar-refractivity contribution in [2.45, 2.75) is 19.4 Å². The van der Waals surface area contributed by atoms with Gasteiger partial charge in [0, 0.05) is 23.7 Å². The van der Waals surface area contributed by atoms with Crippen molar-refractivity contribution in [3.63, 3.8) is 0 Å². The third-order valence-electron chi connectivity index (χ3n) is 5.71. The van der Waals surface area contributed by atoms with Gasteiger partial charge in [0.05, 0.1) is 22.9 Å². The van der Waals surface area contributed by atoms with Crippen LogP contribution in [0.3, 0.4) is 0 Å². The molecule has 2 aliphatic rings. The van der Waals surface area contributed by atoms with Crippen LogP contribution in [0.15, 0.2) is 48.5 Å². The van der Waals surface area contributed by atoms with Gasteiger partial charge in [0.25, 0.3) is 5.91 Å². The Labute approximate surface area is 198 Å². The van der Waals surface area contributed by atoms with Gasteiger partial charge in [-0.3, -0.25) is 19.9 Å². The van der Waals surface area contributed by atoms with Crippen LogP contribution in [0.1, 0.15) is 22.3 Å². The first-order valence-corrected chi connectivity index (χ1v) is 10.9.